The normalized spacial score (nSPS) is 15.9. The third kappa shape index (κ3) is 13.5. The Morgan fingerprint density at radius 3 is 1.94 bits per heavy atom. The fraction of sp³-hybridized carbons (Fsp3) is 0.900. The molecule has 0 aliphatic carbocycles. The number of esters is 1. The van der Waals surface area contributed by atoms with Gasteiger partial charge in [0.15, 0.2) is 5.75 Å². The quantitative estimate of drug-likeness (QED) is 0.333. The van der Waals surface area contributed by atoms with Gasteiger partial charge < -0.3 is 4.74 Å². The summed E-state index contributed by atoms with van der Waals surface area (Å²) >= 11 is 0. The number of rotatable bonds is 9. The van der Waals surface area contributed by atoms with Crippen LogP contribution in [0, 0.1) is 0 Å². The van der Waals surface area contributed by atoms with E-state index in [1.165, 1.54) is 0 Å². The van der Waals surface area contributed by atoms with Gasteiger partial charge in [0.25, 0.3) is 10.2 Å². The van der Waals surface area contributed by atoms with Gasteiger partial charge in [-0.15, -0.1) is 0 Å². The second kappa shape index (κ2) is 5.63. The number of carbonyl (C=O) groups excluding carboxylic acids is 1. The Kier molecular flexibility index (Phi) is 5.46. The van der Waals surface area contributed by atoms with E-state index in [9.17, 15) is 24.2 Å². The van der Waals surface area contributed by atoms with Gasteiger partial charge in [0.2, 0.25) is 0 Å². The average molecular weight is 298 g/mol. The Bertz CT molecular complexity index is 274. The highest BCUT2D eigenvalue weighted by molar-refractivity contribution is 8.46. The van der Waals surface area contributed by atoms with Crippen LogP contribution in [0.1, 0.15) is 45.4 Å². The third-order valence-corrected chi connectivity index (χ3v) is 2.93. The lowest BCUT2D eigenvalue weighted by Crippen LogP contribution is -2.22. The van der Waals surface area contributed by atoms with Crippen molar-refractivity contribution in [1.82, 2.24) is 0 Å². The highest BCUT2D eigenvalue weighted by Crippen LogP contribution is 2.97. The molecule has 0 saturated heterocycles. The number of hydrogen-bond donors (Lipinski definition) is 0. The Hall–Kier alpha value is -0.530. The molecule has 112 valence electrons. The van der Waals surface area contributed by atoms with Crippen LogP contribution >= 0.6 is 10.2 Å². The van der Waals surface area contributed by atoms with Gasteiger partial charge in [0, 0.05) is 0 Å². The first-order valence-electron chi connectivity index (χ1n) is 5.82. The predicted molar refractivity (Wildman–Crippen MR) is 62.3 cm³/mol. The monoisotopic (exact) mass is 298 g/mol. The minimum Gasteiger partial charge on any atom is -0.465 e. The lowest BCUT2D eigenvalue weighted by molar-refractivity contribution is -0.141. The van der Waals surface area contributed by atoms with Crippen molar-refractivity contribution < 1.29 is 29.0 Å². The minimum absolute atomic E-state index is 0.237. The van der Waals surface area contributed by atoms with Gasteiger partial charge in [-0.3, -0.25) is 4.79 Å². The summed E-state index contributed by atoms with van der Waals surface area (Å²) in [5, 5.41) is 0. The lowest BCUT2D eigenvalue weighted by atomic mass is 10.1. The topological polar surface area (TPSA) is 26.3 Å². The number of hydrogen-bond acceptors (Lipinski definition) is 2. The second-order valence-corrected chi connectivity index (χ2v) is 6.81. The van der Waals surface area contributed by atoms with E-state index >= 15 is 0 Å². The van der Waals surface area contributed by atoms with E-state index in [-0.39, 0.29) is 6.61 Å². The maximum absolute atomic E-state index is 11.9. The molecule has 0 radical (unpaired) electrons. The molecule has 2 nitrogen and oxygen atoms in total. The van der Waals surface area contributed by atoms with E-state index < -0.39 is 21.9 Å². The standard InChI is InChI=1S/C10H19F5O2S/c1-2-3-4-5-6-7-8-17-10(16)9-18(11,12,13,14)15/h2-9H2,1H3. The molecule has 0 spiro atoms. The van der Waals surface area contributed by atoms with Crippen LogP contribution in [0.15, 0.2) is 0 Å². The molecule has 8 heteroatoms. The minimum atomic E-state index is -9.67. The summed E-state index contributed by atoms with van der Waals surface area (Å²) in [5.41, 5.74) is 0. The number of halogens is 5. The van der Waals surface area contributed by atoms with Crippen LogP contribution in [0.3, 0.4) is 0 Å². The van der Waals surface area contributed by atoms with Gasteiger partial charge in [0.05, 0.1) is 6.61 Å². The first-order valence-corrected chi connectivity index (χ1v) is 7.94. The van der Waals surface area contributed by atoms with Crippen LogP contribution in [-0.2, 0) is 9.53 Å². The molecular weight excluding hydrogens is 279 g/mol. The first-order chi connectivity index (χ1) is 7.93. The van der Waals surface area contributed by atoms with Gasteiger partial charge >= 0.3 is 5.97 Å². The first kappa shape index (κ1) is 17.5. The van der Waals surface area contributed by atoms with Crippen LogP contribution in [0.4, 0.5) is 19.4 Å². The molecule has 0 aromatic carbocycles. The summed E-state index contributed by atoms with van der Waals surface area (Å²) < 4.78 is 63.5. The van der Waals surface area contributed by atoms with Crippen LogP contribution in [0.2, 0.25) is 0 Å². The molecule has 0 bridgehead atoms. The van der Waals surface area contributed by atoms with Gasteiger partial charge in [-0.2, -0.15) is 0 Å². The fourth-order valence-corrected chi connectivity index (χ4v) is 1.86. The molecule has 0 aromatic rings. The molecule has 0 aromatic heterocycles. The fourth-order valence-electron chi connectivity index (χ4n) is 1.33. The highest BCUT2D eigenvalue weighted by Gasteiger charge is 2.65. The summed E-state index contributed by atoms with van der Waals surface area (Å²) in [6, 6.07) is 0. The zero-order chi connectivity index (χ0) is 14.3. The Labute approximate surface area is 104 Å². The zero-order valence-corrected chi connectivity index (χ0v) is 11.1. The molecular formula is C10H19F5O2S. The third-order valence-electron chi connectivity index (χ3n) is 2.15. The van der Waals surface area contributed by atoms with Gasteiger partial charge in [0.1, 0.15) is 0 Å². The molecule has 0 saturated carbocycles. The largest absolute Gasteiger partial charge is 0.465 e. The van der Waals surface area contributed by atoms with E-state index in [1.807, 2.05) is 6.92 Å². The molecule has 0 amide bonds. The average Bonchev–Trinajstić information content (AvgIpc) is 2.11. The van der Waals surface area contributed by atoms with Gasteiger partial charge in [-0.05, 0) is 6.42 Å². The molecule has 0 atom stereocenters. The van der Waals surface area contributed by atoms with E-state index in [2.05, 4.69) is 4.74 Å². The summed E-state index contributed by atoms with van der Waals surface area (Å²) in [6.45, 7) is 1.81. The number of carbonyl (C=O) groups is 1. The molecule has 0 unspecified atom stereocenters. The van der Waals surface area contributed by atoms with Crippen LogP contribution in [0.5, 0.6) is 0 Å². The SMILES string of the molecule is CCCCCCCCOC(=O)CS(F)(F)(F)(F)F. The van der Waals surface area contributed by atoms with Crippen LogP contribution in [0.25, 0.3) is 0 Å². The maximum atomic E-state index is 11.9. The summed E-state index contributed by atoms with van der Waals surface area (Å²) in [7, 11) is -9.67. The molecule has 0 heterocycles. The second-order valence-electron chi connectivity index (χ2n) is 4.26. The maximum Gasteiger partial charge on any atom is 0.325 e. The molecule has 0 rings (SSSR count). The molecule has 0 fully saturated rings. The summed E-state index contributed by atoms with van der Waals surface area (Å²) in [5.74, 6) is -4.67. The molecule has 18 heavy (non-hydrogen) atoms. The van der Waals surface area contributed by atoms with Gasteiger partial charge in [-0.1, -0.05) is 58.5 Å². The van der Waals surface area contributed by atoms with Crippen molar-refractivity contribution in [2.75, 3.05) is 12.4 Å². The predicted octanol–water partition coefficient (Wildman–Crippen LogP) is 5.19. The van der Waals surface area contributed by atoms with E-state index in [0.717, 1.165) is 25.7 Å². The van der Waals surface area contributed by atoms with Gasteiger partial charge in [-0.25, -0.2) is 0 Å². The van der Waals surface area contributed by atoms with E-state index in [0.29, 0.717) is 12.8 Å². The number of unbranched alkanes of at least 4 members (excludes halogenated alkanes) is 5. The summed E-state index contributed by atoms with van der Waals surface area (Å²) in [6.07, 6.45) is 5.16. The Morgan fingerprint density at radius 1 is 0.944 bits per heavy atom. The van der Waals surface area contributed by atoms with E-state index in [1.54, 1.807) is 0 Å². The molecule has 0 aliphatic heterocycles. The summed E-state index contributed by atoms with van der Waals surface area (Å²) in [4.78, 5) is 10.6. The van der Waals surface area contributed by atoms with Crippen molar-refractivity contribution in [2.24, 2.45) is 0 Å². The van der Waals surface area contributed by atoms with Crippen molar-refractivity contribution >= 4 is 16.2 Å². The van der Waals surface area contributed by atoms with Crippen molar-refractivity contribution in [3.63, 3.8) is 0 Å². The van der Waals surface area contributed by atoms with Crippen molar-refractivity contribution in [3.8, 4) is 0 Å². The zero-order valence-electron chi connectivity index (χ0n) is 10.3. The molecule has 0 aliphatic rings. The highest BCUT2D eigenvalue weighted by atomic mass is 32.5. The van der Waals surface area contributed by atoms with Crippen molar-refractivity contribution in [1.29, 1.82) is 0 Å². The van der Waals surface area contributed by atoms with Crippen LogP contribution < -0.4 is 0 Å². The van der Waals surface area contributed by atoms with E-state index in [4.69, 9.17) is 0 Å². The molecule has 0 N–H and O–H groups in total. The Balaban J connectivity index is 3.68. The smallest absolute Gasteiger partial charge is 0.325 e. The van der Waals surface area contributed by atoms with Crippen molar-refractivity contribution in [2.45, 2.75) is 45.4 Å². The lowest BCUT2D eigenvalue weighted by Gasteiger charge is -2.38. The van der Waals surface area contributed by atoms with Crippen molar-refractivity contribution in [3.05, 3.63) is 0 Å². The van der Waals surface area contributed by atoms with Crippen LogP contribution in [-0.4, -0.2) is 18.3 Å². The number of ether oxygens (including phenoxy) is 1. The Morgan fingerprint density at radius 2 is 1.44 bits per heavy atom.